The number of benzene rings is 2. The van der Waals surface area contributed by atoms with E-state index < -0.39 is 62.5 Å². The first-order chi connectivity index (χ1) is 20.2. The van der Waals surface area contributed by atoms with Gasteiger partial charge in [-0.1, -0.05) is 23.2 Å². The number of nitro groups is 1. The third-order valence-electron chi connectivity index (χ3n) is 5.83. The van der Waals surface area contributed by atoms with Gasteiger partial charge < -0.3 is 5.73 Å². The molecular formula is C24H16Cl2F6N6O6. The summed E-state index contributed by atoms with van der Waals surface area (Å²) in [5.74, 6) is 0. The van der Waals surface area contributed by atoms with Crippen molar-refractivity contribution in [2.75, 3.05) is 5.73 Å². The fourth-order valence-corrected chi connectivity index (χ4v) is 4.15. The number of nitro benzene ring substituents is 1. The highest BCUT2D eigenvalue weighted by molar-refractivity contribution is 6.31. The largest absolute Gasteiger partial charge is 0.431 e. The van der Waals surface area contributed by atoms with E-state index in [0.29, 0.717) is 15.2 Å². The van der Waals surface area contributed by atoms with Gasteiger partial charge in [-0.25, -0.2) is 18.7 Å². The Hall–Kier alpha value is -4.84. The summed E-state index contributed by atoms with van der Waals surface area (Å²) in [6, 6.07) is 7.56. The Morgan fingerprint density at radius 2 is 1.09 bits per heavy atom. The molecule has 0 atom stereocenters. The second-order valence-corrected chi connectivity index (χ2v) is 9.55. The molecule has 0 radical (unpaired) electrons. The average Bonchev–Trinajstić information content (AvgIpc) is 2.89. The molecule has 2 heterocycles. The van der Waals surface area contributed by atoms with E-state index in [9.17, 15) is 55.6 Å². The maximum absolute atomic E-state index is 12.8. The summed E-state index contributed by atoms with van der Waals surface area (Å²) < 4.78 is 77.9. The van der Waals surface area contributed by atoms with E-state index in [4.69, 9.17) is 28.9 Å². The zero-order chi connectivity index (χ0) is 33.5. The summed E-state index contributed by atoms with van der Waals surface area (Å²) in [7, 11) is 1.73. The van der Waals surface area contributed by atoms with Crippen molar-refractivity contribution in [2.45, 2.75) is 12.4 Å². The van der Waals surface area contributed by atoms with Crippen LogP contribution in [0.3, 0.4) is 0 Å². The van der Waals surface area contributed by atoms with E-state index in [1.54, 1.807) is 0 Å². The molecule has 0 amide bonds. The Morgan fingerprint density at radius 1 is 0.705 bits per heavy atom. The molecule has 0 aliphatic rings. The topological polar surface area (TPSA) is 157 Å². The number of nitrogen functional groups attached to an aromatic ring is 1. The van der Waals surface area contributed by atoms with E-state index in [-0.39, 0.29) is 36.6 Å². The number of nitrogens with two attached hydrogens (primary N) is 1. The molecule has 2 aromatic carbocycles. The molecule has 0 aliphatic carbocycles. The van der Waals surface area contributed by atoms with Crippen LogP contribution in [0.2, 0.25) is 10.0 Å². The number of hydrogen-bond donors (Lipinski definition) is 1. The minimum Gasteiger partial charge on any atom is -0.397 e. The molecule has 4 rings (SSSR count). The molecule has 2 aromatic heterocycles. The normalized spacial score (nSPS) is 11.6. The Labute approximate surface area is 249 Å². The van der Waals surface area contributed by atoms with Crippen LogP contribution in [-0.4, -0.2) is 23.2 Å². The van der Waals surface area contributed by atoms with Gasteiger partial charge in [0.05, 0.1) is 16.3 Å². The van der Waals surface area contributed by atoms with E-state index >= 15 is 0 Å². The predicted octanol–water partition coefficient (Wildman–Crippen LogP) is 3.91. The first-order valence-corrected chi connectivity index (χ1v) is 12.2. The number of hydrogen-bond acceptors (Lipinski definition) is 7. The molecule has 0 fully saturated rings. The standard InChI is InChI=1S/C12H7ClF3N3O4.C12H9ClF3N3O2/c1-17-9(12(14,15)16)5-10(20)18(11(17)21)7-3-2-6(13)4-8(7)19(22)23;1-18-9(12(14,15)16)5-10(20)19(11(18)21)8-3-2-6(13)4-7(8)17/h2-5H,1H3;2-5H,17H2,1H3. The SMILES string of the molecule is Cn1c(C(F)(F)F)cc(=O)n(-c2ccc(Cl)cc2N)c1=O.Cn1c(C(F)(F)F)cc(=O)n(-c2ccc(Cl)cc2[N+](=O)[O-])c1=O. The van der Waals surface area contributed by atoms with Crippen LogP contribution in [0.15, 0.2) is 67.7 Å². The second-order valence-electron chi connectivity index (χ2n) is 8.68. The maximum Gasteiger partial charge on any atom is 0.431 e. The summed E-state index contributed by atoms with van der Waals surface area (Å²) in [6.45, 7) is 0. The summed E-state index contributed by atoms with van der Waals surface area (Å²) in [5.41, 5.74) is -3.31. The Bertz CT molecular complexity index is 2030. The molecular weight excluding hydrogens is 653 g/mol. The van der Waals surface area contributed by atoms with Crippen LogP contribution < -0.4 is 28.2 Å². The fourth-order valence-electron chi connectivity index (χ4n) is 3.80. The number of alkyl halides is 6. The van der Waals surface area contributed by atoms with Crippen LogP contribution in [0.1, 0.15) is 11.4 Å². The summed E-state index contributed by atoms with van der Waals surface area (Å²) in [4.78, 5) is 58.0. The van der Waals surface area contributed by atoms with Crippen molar-refractivity contribution in [3.8, 4) is 11.4 Å². The van der Waals surface area contributed by atoms with Crippen molar-refractivity contribution in [3.05, 3.63) is 122 Å². The van der Waals surface area contributed by atoms with Crippen molar-refractivity contribution < 1.29 is 31.3 Å². The van der Waals surface area contributed by atoms with Crippen LogP contribution in [0.5, 0.6) is 0 Å². The number of rotatable bonds is 3. The van der Waals surface area contributed by atoms with Gasteiger partial charge in [-0.05, 0) is 30.3 Å². The lowest BCUT2D eigenvalue weighted by molar-refractivity contribution is -0.384. The van der Waals surface area contributed by atoms with Crippen LogP contribution >= 0.6 is 23.2 Å². The lowest BCUT2D eigenvalue weighted by atomic mass is 10.2. The maximum atomic E-state index is 12.8. The highest BCUT2D eigenvalue weighted by Gasteiger charge is 2.36. The number of nitrogens with zero attached hydrogens (tertiary/aromatic N) is 5. The minimum absolute atomic E-state index is 0.00135. The molecule has 0 spiro atoms. The number of anilines is 1. The summed E-state index contributed by atoms with van der Waals surface area (Å²) >= 11 is 11.3. The molecule has 44 heavy (non-hydrogen) atoms. The van der Waals surface area contributed by atoms with Gasteiger partial charge in [-0.15, -0.1) is 0 Å². The zero-order valence-corrected chi connectivity index (χ0v) is 23.4. The Kier molecular flexibility index (Phi) is 9.21. The van der Waals surface area contributed by atoms with Gasteiger partial charge in [0.25, 0.3) is 16.8 Å². The van der Waals surface area contributed by atoms with E-state index in [2.05, 4.69) is 0 Å². The van der Waals surface area contributed by atoms with Gasteiger partial charge in [0.2, 0.25) is 0 Å². The molecule has 234 valence electrons. The zero-order valence-electron chi connectivity index (χ0n) is 21.9. The molecule has 20 heteroatoms. The Balaban J connectivity index is 0.000000241. The predicted molar refractivity (Wildman–Crippen MR) is 146 cm³/mol. The molecule has 0 aliphatic heterocycles. The molecule has 4 aromatic rings. The lowest BCUT2D eigenvalue weighted by Crippen LogP contribution is -2.40. The van der Waals surface area contributed by atoms with Crippen LogP contribution in [-0.2, 0) is 26.4 Å². The van der Waals surface area contributed by atoms with Crippen molar-refractivity contribution in [3.63, 3.8) is 0 Å². The van der Waals surface area contributed by atoms with Gasteiger partial charge >= 0.3 is 23.7 Å². The van der Waals surface area contributed by atoms with Crippen molar-refractivity contribution in [2.24, 2.45) is 14.1 Å². The van der Waals surface area contributed by atoms with Gasteiger partial charge in [0, 0.05) is 42.3 Å². The van der Waals surface area contributed by atoms with E-state index in [1.807, 2.05) is 0 Å². The highest BCUT2D eigenvalue weighted by atomic mass is 35.5. The summed E-state index contributed by atoms with van der Waals surface area (Å²) in [5, 5.41) is 11.3. The second kappa shape index (κ2) is 12.0. The third-order valence-corrected chi connectivity index (χ3v) is 6.30. The first-order valence-electron chi connectivity index (χ1n) is 11.5. The first kappa shape index (κ1) is 33.7. The van der Waals surface area contributed by atoms with E-state index in [1.165, 1.54) is 24.3 Å². The van der Waals surface area contributed by atoms with Crippen molar-refractivity contribution >= 4 is 34.6 Å². The van der Waals surface area contributed by atoms with Gasteiger partial charge in [0.1, 0.15) is 17.1 Å². The van der Waals surface area contributed by atoms with Crippen molar-refractivity contribution in [1.29, 1.82) is 0 Å². The van der Waals surface area contributed by atoms with Gasteiger partial charge in [-0.2, -0.15) is 26.3 Å². The number of halogens is 8. The smallest absolute Gasteiger partial charge is 0.397 e. The average molecular weight is 669 g/mol. The van der Waals surface area contributed by atoms with Gasteiger partial charge in [-0.3, -0.25) is 28.8 Å². The number of aromatic nitrogens is 4. The molecule has 0 saturated heterocycles. The molecule has 0 unspecified atom stereocenters. The van der Waals surface area contributed by atoms with Crippen LogP contribution in [0.25, 0.3) is 11.4 Å². The Morgan fingerprint density at radius 3 is 1.48 bits per heavy atom. The van der Waals surface area contributed by atoms with Crippen LogP contribution in [0, 0.1) is 10.1 Å². The highest BCUT2D eigenvalue weighted by Crippen LogP contribution is 2.29. The molecule has 0 bridgehead atoms. The monoisotopic (exact) mass is 668 g/mol. The molecule has 0 saturated carbocycles. The summed E-state index contributed by atoms with van der Waals surface area (Å²) in [6.07, 6.45) is -9.73. The lowest BCUT2D eigenvalue weighted by Gasteiger charge is -2.14. The quantitative estimate of drug-likeness (QED) is 0.150. The fraction of sp³-hybridized carbons (Fsp3) is 0.167. The molecule has 12 nitrogen and oxygen atoms in total. The van der Waals surface area contributed by atoms with Crippen molar-refractivity contribution in [1.82, 2.24) is 18.3 Å². The van der Waals surface area contributed by atoms with Crippen LogP contribution in [0.4, 0.5) is 37.7 Å². The van der Waals surface area contributed by atoms with Gasteiger partial charge in [0.15, 0.2) is 0 Å². The van der Waals surface area contributed by atoms with E-state index in [0.717, 1.165) is 26.2 Å². The third kappa shape index (κ3) is 6.70. The molecule has 2 N–H and O–H groups in total. The minimum atomic E-state index is -4.92.